The van der Waals surface area contributed by atoms with Gasteiger partial charge in [0.1, 0.15) is 0 Å². The first-order valence-corrected chi connectivity index (χ1v) is 7.36. The molecule has 0 spiro atoms. The van der Waals surface area contributed by atoms with Gasteiger partial charge in [0.15, 0.2) is 5.78 Å². The predicted octanol–water partition coefficient (Wildman–Crippen LogP) is 5.20. The summed E-state index contributed by atoms with van der Waals surface area (Å²) in [4.78, 5) is 14.3. The van der Waals surface area contributed by atoms with Gasteiger partial charge in [-0.25, -0.2) is 0 Å². The van der Waals surface area contributed by atoms with Gasteiger partial charge in [0, 0.05) is 14.2 Å². The first-order chi connectivity index (χ1) is 7.08. The van der Waals surface area contributed by atoms with Gasteiger partial charge in [0.2, 0.25) is 0 Å². The monoisotopic (exact) mass is 364 g/mol. The summed E-state index contributed by atoms with van der Waals surface area (Å²) in [7, 11) is 0. The molecule has 5 heteroatoms. The van der Waals surface area contributed by atoms with E-state index in [1.54, 1.807) is 18.3 Å². The van der Waals surface area contributed by atoms with Gasteiger partial charge in [0.25, 0.3) is 0 Å². The van der Waals surface area contributed by atoms with Crippen LogP contribution in [0.4, 0.5) is 0 Å². The zero-order valence-electron chi connectivity index (χ0n) is 7.71. The normalized spacial score (nSPS) is 10.6. The van der Waals surface area contributed by atoms with Crippen LogP contribution in [0.2, 0.25) is 0 Å². The quantitative estimate of drug-likeness (QED) is 0.668. The van der Waals surface area contributed by atoms with Crippen LogP contribution in [0.5, 0.6) is 0 Å². The molecule has 0 fully saturated rings. The maximum Gasteiger partial charge on any atom is 0.169 e. The number of hydrogen-bond donors (Lipinski definition) is 0. The molecule has 2 aromatic rings. The Labute approximate surface area is 112 Å². The van der Waals surface area contributed by atoms with Gasteiger partial charge >= 0.3 is 0 Å². The van der Waals surface area contributed by atoms with Crippen molar-refractivity contribution in [3.8, 4) is 9.75 Å². The van der Waals surface area contributed by atoms with E-state index in [0.717, 1.165) is 18.0 Å². The maximum atomic E-state index is 11.2. The minimum absolute atomic E-state index is 0.126. The average Bonchev–Trinajstić information content (AvgIpc) is 2.74. The summed E-state index contributed by atoms with van der Waals surface area (Å²) in [6, 6.07) is 5.93. The summed E-state index contributed by atoms with van der Waals surface area (Å²) >= 11 is 10.1. The van der Waals surface area contributed by atoms with E-state index < -0.39 is 0 Å². The Morgan fingerprint density at radius 3 is 2.40 bits per heavy atom. The topological polar surface area (TPSA) is 17.1 Å². The summed E-state index contributed by atoms with van der Waals surface area (Å²) in [6.07, 6.45) is 0. The first kappa shape index (κ1) is 11.5. The molecule has 2 aromatic heterocycles. The van der Waals surface area contributed by atoms with Gasteiger partial charge in [-0.05, 0) is 57.0 Å². The second-order valence-corrected chi connectivity index (χ2v) is 7.26. The Morgan fingerprint density at radius 2 is 1.93 bits per heavy atom. The van der Waals surface area contributed by atoms with Crippen molar-refractivity contribution < 1.29 is 4.79 Å². The van der Waals surface area contributed by atoms with Gasteiger partial charge in [-0.1, -0.05) is 0 Å². The van der Waals surface area contributed by atoms with Crippen molar-refractivity contribution in [3.05, 3.63) is 31.3 Å². The Morgan fingerprint density at radius 1 is 1.20 bits per heavy atom. The molecule has 2 rings (SSSR count). The number of carbonyl (C=O) groups excluding carboxylic acids is 1. The average molecular weight is 366 g/mol. The van der Waals surface area contributed by atoms with Gasteiger partial charge in [-0.2, -0.15) is 0 Å². The number of ketones is 1. The molecule has 0 radical (unpaired) electrons. The molecule has 0 unspecified atom stereocenters. The second kappa shape index (κ2) is 4.49. The van der Waals surface area contributed by atoms with Crippen LogP contribution in [0, 0.1) is 0 Å². The lowest BCUT2D eigenvalue weighted by atomic mass is 10.3. The van der Waals surface area contributed by atoms with E-state index in [9.17, 15) is 4.79 Å². The molecule has 0 aromatic carbocycles. The fourth-order valence-corrected chi connectivity index (χ4v) is 4.15. The summed E-state index contributed by atoms with van der Waals surface area (Å²) in [6.45, 7) is 1.59. The van der Waals surface area contributed by atoms with Crippen LogP contribution in [0.3, 0.4) is 0 Å². The van der Waals surface area contributed by atoms with E-state index in [0.29, 0.717) is 0 Å². The van der Waals surface area contributed by atoms with Crippen molar-refractivity contribution in [2.24, 2.45) is 0 Å². The highest BCUT2D eigenvalue weighted by Gasteiger charge is 2.10. The molecular weight excluding hydrogens is 360 g/mol. The minimum Gasteiger partial charge on any atom is -0.294 e. The third kappa shape index (κ3) is 2.41. The Kier molecular flexibility index (Phi) is 3.45. The van der Waals surface area contributed by atoms with Crippen molar-refractivity contribution >= 4 is 60.3 Å². The molecule has 0 amide bonds. The molecule has 0 saturated heterocycles. The number of thiophene rings is 2. The Balaban J connectivity index is 2.41. The van der Waals surface area contributed by atoms with E-state index in [-0.39, 0.29) is 5.78 Å². The van der Waals surface area contributed by atoms with Gasteiger partial charge in [0.05, 0.1) is 8.66 Å². The van der Waals surface area contributed by atoms with Crippen molar-refractivity contribution in [2.75, 3.05) is 0 Å². The molecule has 0 saturated carbocycles. The molecule has 2 heterocycles. The molecule has 15 heavy (non-hydrogen) atoms. The van der Waals surface area contributed by atoms with Gasteiger partial charge in [-0.3, -0.25) is 4.79 Å². The summed E-state index contributed by atoms with van der Waals surface area (Å²) < 4.78 is 2.13. The van der Waals surface area contributed by atoms with Crippen LogP contribution >= 0.6 is 54.5 Å². The smallest absolute Gasteiger partial charge is 0.169 e. The molecule has 0 aliphatic heterocycles. The van der Waals surface area contributed by atoms with Crippen LogP contribution in [0.1, 0.15) is 16.6 Å². The molecule has 0 atom stereocenters. The number of halogens is 2. The molecular formula is C10H6Br2OS2. The minimum atomic E-state index is 0.126. The van der Waals surface area contributed by atoms with E-state index >= 15 is 0 Å². The lowest BCUT2D eigenvalue weighted by Crippen LogP contribution is -1.83. The zero-order valence-corrected chi connectivity index (χ0v) is 12.5. The Bertz CT molecular complexity index is 494. The standard InChI is InChI=1S/C10H6Br2OS2/c1-5(13)7-2-3-8(14-7)9-4-6(11)10(12)15-9/h2-4H,1H3. The predicted molar refractivity (Wildman–Crippen MR) is 73.0 cm³/mol. The molecule has 0 bridgehead atoms. The highest BCUT2D eigenvalue weighted by Crippen LogP contribution is 2.40. The first-order valence-electron chi connectivity index (χ1n) is 4.14. The summed E-state index contributed by atoms with van der Waals surface area (Å²) in [5.41, 5.74) is 0. The van der Waals surface area contributed by atoms with Gasteiger partial charge < -0.3 is 0 Å². The van der Waals surface area contributed by atoms with Crippen LogP contribution in [-0.4, -0.2) is 5.78 Å². The fourth-order valence-electron chi connectivity index (χ4n) is 1.13. The summed E-state index contributed by atoms with van der Waals surface area (Å²) in [5, 5.41) is 0. The number of Topliss-reactive ketones (excluding diaryl/α,β-unsaturated/α-hetero) is 1. The molecule has 0 N–H and O–H groups in total. The molecule has 78 valence electrons. The third-order valence-corrected chi connectivity index (χ3v) is 6.48. The van der Waals surface area contributed by atoms with Crippen molar-refractivity contribution in [2.45, 2.75) is 6.92 Å². The maximum absolute atomic E-state index is 11.2. The van der Waals surface area contributed by atoms with Crippen LogP contribution < -0.4 is 0 Å². The SMILES string of the molecule is CC(=O)c1ccc(-c2cc(Br)c(Br)s2)s1. The number of carbonyl (C=O) groups is 1. The van der Waals surface area contributed by atoms with Crippen molar-refractivity contribution in [1.29, 1.82) is 0 Å². The van der Waals surface area contributed by atoms with E-state index in [4.69, 9.17) is 0 Å². The van der Waals surface area contributed by atoms with E-state index in [2.05, 4.69) is 37.9 Å². The second-order valence-electron chi connectivity index (χ2n) is 2.95. The third-order valence-electron chi connectivity index (χ3n) is 1.84. The number of rotatable bonds is 2. The largest absolute Gasteiger partial charge is 0.294 e. The highest BCUT2D eigenvalue weighted by molar-refractivity contribution is 9.13. The summed E-state index contributed by atoms with van der Waals surface area (Å²) in [5.74, 6) is 0.126. The van der Waals surface area contributed by atoms with Crippen LogP contribution in [0.25, 0.3) is 9.75 Å². The van der Waals surface area contributed by atoms with Gasteiger partial charge in [-0.15, -0.1) is 22.7 Å². The molecule has 1 nitrogen and oxygen atoms in total. The Hall–Kier alpha value is 0.0300. The molecule has 0 aliphatic carbocycles. The van der Waals surface area contributed by atoms with Crippen molar-refractivity contribution in [1.82, 2.24) is 0 Å². The van der Waals surface area contributed by atoms with Crippen LogP contribution in [-0.2, 0) is 0 Å². The lowest BCUT2D eigenvalue weighted by molar-refractivity contribution is 0.102. The lowest BCUT2D eigenvalue weighted by Gasteiger charge is -1.88. The fraction of sp³-hybridized carbons (Fsp3) is 0.100. The zero-order chi connectivity index (χ0) is 11.0. The van der Waals surface area contributed by atoms with Crippen LogP contribution in [0.15, 0.2) is 26.5 Å². The highest BCUT2D eigenvalue weighted by atomic mass is 79.9. The van der Waals surface area contributed by atoms with Crippen molar-refractivity contribution in [3.63, 3.8) is 0 Å². The van der Waals surface area contributed by atoms with E-state index in [1.165, 1.54) is 16.2 Å². The molecule has 0 aliphatic rings. The van der Waals surface area contributed by atoms with E-state index in [1.807, 2.05) is 12.1 Å². The number of hydrogen-bond acceptors (Lipinski definition) is 3.